The standard InChI is InChI=1S/C13H19N3OS/c14-13(18)16-8-4-7-12(17)10-15-9-11-5-2-1-3-6-11/h1-3,5-6,15H,4,7-10H2,(H3,14,16,18). The molecule has 0 aliphatic heterocycles. The number of nitrogens with two attached hydrogens (primary N) is 1. The summed E-state index contributed by atoms with van der Waals surface area (Å²) in [6, 6.07) is 10.0. The lowest BCUT2D eigenvalue weighted by atomic mass is 10.2. The van der Waals surface area contributed by atoms with Crippen LogP contribution in [-0.4, -0.2) is 24.0 Å². The van der Waals surface area contributed by atoms with Gasteiger partial charge in [0.15, 0.2) is 5.11 Å². The fraction of sp³-hybridized carbons (Fsp3) is 0.385. The zero-order valence-corrected chi connectivity index (χ0v) is 11.1. The van der Waals surface area contributed by atoms with Crippen molar-refractivity contribution in [1.29, 1.82) is 0 Å². The Bertz CT molecular complexity index is 381. The number of thiocarbonyl (C=S) groups is 1. The van der Waals surface area contributed by atoms with Gasteiger partial charge in [0.1, 0.15) is 5.78 Å². The van der Waals surface area contributed by atoms with Crippen molar-refractivity contribution in [3.05, 3.63) is 35.9 Å². The highest BCUT2D eigenvalue weighted by Crippen LogP contribution is 1.97. The predicted octanol–water partition coefficient (Wildman–Crippen LogP) is 0.959. The van der Waals surface area contributed by atoms with Gasteiger partial charge < -0.3 is 16.4 Å². The first-order chi connectivity index (χ1) is 8.68. The molecule has 0 atom stereocenters. The predicted molar refractivity (Wildman–Crippen MR) is 77.2 cm³/mol. The van der Waals surface area contributed by atoms with E-state index in [-0.39, 0.29) is 10.9 Å². The highest BCUT2D eigenvalue weighted by Gasteiger charge is 2.01. The Kier molecular flexibility index (Phi) is 6.98. The lowest BCUT2D eigenvalue weighted by Crippen LogP contribution is -2.30. The van der Waals surface area contributed by atoms with Crippen LogP contribution in [0.5, 0.6) is 0 Å². The Hall–Kier alpha value is -1.46. The quantitative estimate of drug-likeness (QED) is 0.482. The number of rotatable bonds is 8. The van der Waals surface area contributed by atoms with E-state index in [0.717, 1.165) is 13.0 Å². The maximum atomic E-state index is 11.5. The number of ketones is 1. The van der Waals surface area contributed by atoms with Gasteiger partial charge >= 0.3 is 0 Å². The highest BCUT2D eigenvalue weighted by molar-refractivity contribution is 7.80. The summed E-state index contributed by atoms with van der Waals surface area (Å²) in [4.78, 5) is 11.5. The minimum atomic E-state index is 0.204. The molecule has 5 heteroatoms. The van der Waals surface area contributed by atoms with Crippen LogP contribution in [0.2, 0.25) is 0 Å². The molecule has 98 valence electrons. The first-order valence-electron chi connectivity index (χ1n) is 5.98. The Morgan fingerprint density at radius 3 is 2.67 bits per heavy atom. The fourth-order valence-corrected chi connectivity index (χ4v) is 1.63. The fourth-order valence-electron chi connectivity index (χ4n) is 1.53. The summed E-state index contributed by atoms with van der Waals surface area (Å²) in [6.07, 6.45) is 1.29. The van der Waals surface area contributed by atoms with Crippen LogP contribution in [0.15, 0.2) is 30.3 Å². The summed E-state index contributed by atoms with van der Waals surface area (Å²) >= 11 is 4.67. The van der Waals surface area contributed by atoms with Crippen molar-refractivity contribution in [1.82, 2.24) is 10.6 Å². The lowest BCUT2D eigenvalue weighted by molar-refractivity contribution is -0.118. The van der Waals surface area contributed by atoms with Crippen LogP contribution in [0.25, 0.3) is 0 Å². The van der Waals surface area contributed by atoms with Crippen LogP contribution in [0.4, 0.5) is 0 Å². The van der Waals surface area contributed by atoms with Gasteiger partial charge in [-0.05, 0) is 24.2 Å². The summed E-state index contributed by atoms with van der Waals surface area (Å²) in [7, 11) is 0. The molecule has 0 spiro atoms. The minimum Gasteiger partial charge on any atom is -0.376 e. The maximum absolute atomic E-state index is 11.5. The average molecular weight is 265 g/mol. The number of hydrogen-bond acceptors (Lipinski definition) is 3. The third-order valence-corrected chi connectivity index (χ3v) is 2.57. The first-order valence-corrected chi connectivity index (χ1v) is 6.39. The number of benzene rings is 1. The van der Waals surface area contributed by atoms with E-state index < -0.39 is 0 Å². The molecule has 0 radical (unpaired) electrons. The van der Waals surface area contributed by atoms with Crippen LogP contribution < -0.4 is 16.4 Å². The van der Waals surface area contributed by atoms with Crippen molar-refractivity contribution < 1.29 is 4.79 Å². The van der Waals surface area contributed by atoms with Crippen molar-refractivity contribution in [3.63, 3.8) is 0 Å². The molecule has 0 aliphatic rings. The molecule has 0 bridgehead atoms. The van der Waals surface area contributed by atoms with E-state index in [4.69, 9.17) is 5.73 Å². The molecular weight excluding hydrogens is 246 g/mol. The van der Waals surface area contributed by atoms with Crippen LogP contribution >= 0.6 is 12.2 Å². The zero-order valence-electron chi connectivity index (χ0n) is 10.3. The molecule has 4 N–H and O–H groups in total. The normalized spacial score (nSPS) is 10.0. The first kappa shape index (κ1) is 14.6. The number of nitrogens with one attached hydrogen (secondary N) is 2. The molecule has 1 aromatic rings. The Morgan fingerprint density at radius 1 is 1.28 bits per heavy atom. The molecular formula is C13H19N3OS. The van der Waals surface area contributed by atoms with Gasteiger partial charge in [0.05, 0.1) is 6.54 Å². The molecule has 4 nitrogen and oxygen atoms in total. The van der Waals surface area contributed by atoms with Gasteiger partial charge in [-0.25, -0.2) is 0 Å². The van der Waals surface area contributed by atoms with Gasteiger partial charge in [-0.1, -0.05) is 30.3 Å². The smallest absolute Gasteiger partial charge is 0.163 e. The number of hydrogen-bond donors (Lipinski definition) is 3. The molecule has 0 amide bonds. The van der Waals surface area contributed by atoms with E-state index in [1.807, 2.05) is 30.3 Å². The van der Waals surface area contributed by atoms with Gasteiger partial charge in [-0.15, -0.1) is 0 Å². The Balaban J connectivity index is 2.05. The second kappa shape index (κ2) is 8.60. The molecule has 18 heavy (non-hydrogen) atoms. The summed E-state index contributed by atoms with van der Waals surface area (Å²) < 4.78 is 0. The van der Waals surface area contributed by atoms with Gasteiger partial charge in [0, 0.05) is 19.5 Å². The van der Waals surface area contributed by atoms with Crippen LogP contribution in [0.1, 0.15) is 18.4 Å². The second-order valence-electron chi connectivity index (χ2n) is 4.02. The van der Waals surface area contributed by atoms with Gasteiger partial charge in [0.2, 0.25) is 0 Å². The molecule has 0 saturated heterocycles. The number of carbonyl (C=O) groups excluding carboxylic acids is 1. The van der Waals surface area contributed by atoms with E-state index in [2.05, 4.69) is 22.9 Å². The molecule has 0 fully saturated rings. The van der Waals surface area contributed by atoms with Crippen molar-refractivity contribution in [2.45, 2.75) is 19.4 Å². The zero-order chi connectivity index (χ0) is 13.2. The van der Waals surface area contributed by atoms with E-state index in [9.17, 15) is 4.79 Å². The lowest BCUT2D eigenvalue weighted by Gasteiger charge is -2.05. The third-order valence-electron chi connectivity index (χ3n) is 2.43. The van der Waals surface area contributed by atoms with Gasteiger partial charge in [0.25, 0.3) is 0 Å². The molecule has 1 rings (SSSR count). The largest absolute Gasteiger partial charge is 0.376 e. The van der Waals surface area contributed by atoms with E-state index >= 15 is 0 Å². The molecule has 0 unspecified atom stereocenters. The highest BCUT2D eigenvalue weighted by atomic mass is 32.1. The second-order valence-corrected chi connectivity index (χ2v) is 4.46. The summed E-state index contributed by atoms with van der Waals surface area (Å²) in [5.74, 6) is 0.204. The Morgan fingerprint density at radius 2 is 2.00 bits per heavy atom. The van der Waals surface area contributed by atoms with E-state index in [0.29, 0.717) is 19.5 Å². The van der Waals surface area contributed by atoms with Crippen molar-refractivity contribution >= 4 is 23.1 Å². The Labute approximate surface area is 113 Å². The third kappa shape index (κ3) is 6.98. The van der Waals surface area contributed by atoms with E-state index in [1.54, 1.807) is 0 Å². The van der Waals surface area contributed by atoms with Crippen molar-refractivity contribution in [2.75, 3.05) is 13.1 Å². The topological polar surface area (TPSA) is 67.1 Å². The molecule has 0 aliphatic carbocycles. The van der Waals surface area contributed by atoms with Crippen molar-refractivity contribution in [2.24, 2.45) is 5.73 Å². The summed E-state index contributed by atoms with van der Waals surface area (Å²) in [5, 5.41) is 6.23. The molecule has 1 aromatic carbocycles. The monoisotopic (exact) mass is 265 g/mol. The average Bonchev–Trinajstić information content (AvgIpc) is 2.36. The molecule has 0 aromatic heterocycles. The van der Waals surface area contributed by atoms with Crippen molar-refractivity contribution in [3.8, 4) is 0 Å². The van der Waals surface area contributed by atoms with Crippen LogP contribution in [0.3, 0.4) is 0 Å². The number of carbonyl (C=O) groups is 1. The summed E-state index contributed by atoms with van der Waals surface area (Å²) in [5.41, 5.74) is 6.46. The molecule has 0 heterocycles. The van der Waals surface area contributed by atoms with Gasteiger partial charge in [-0.2, -0.15) is 0 Å². The maximum Gasteiger partial charge on any atom is 0.163 e. The molecule has 0 saturated carbocycles. The van der Waals surface area contributed by atoms with Crippen LogP contribution in [-0.2, 0) is 11.3 Å². The van der Waals surface area contributed by atoms with Gasteiger partial charge in [-0.3, -0.25) is 4.79 Å². The number of Topliss-reactive ketones (excluding diaryl/α,β-unsaturated/α-hetero) is 1. The SMILES string of the molecule is NC(=S)NCCCC(=O)CNCc1ccccc1. The minimum absolute atomic E-state index is 0.204. The van der Waals surface area contributed by atoms with E-state index in [1.165, 1.54) is 5.56 Å². The summed E-state index contributed by atoms with van der Waals surface area (Å²) in [6.45, 7) is 1.78. The van der Waals surface area contributed by atoms with Crippen LogP contribution in [0, 0.1) is 0 Å².